The van der Waals surface area contributed by atoms with E-state index in [1.165, 1.54) is 22.9 Å². The first-order valence-corrected chi connectivity index (χ1v) is 7.82. The Hall–Kier alpha value is -1.13. The van der Waals surface area contributed by atoms with E-state index in [1.54, 1.807) is 11.3 Å². The zero-order chi connectivity index (χ0) is 13.3. The third-order valence-electron chi connectivity index (χ3n) is 4.30. The van der Waals surface area contributed by atoms with Gasteiger partial charge in [0, 0.05) is 16.3 Å². The summed E-state index contributed by atoms with van der Waals surface area (Å²) in [6.07, 6.45) is 6.23. The van der Waals surface area contributed by atoms with Crippen LogP contribution < -0.4 is 5.32 Å². The highest BCUT2D eigenvalue weighted by Gasteiger charge is 2.34. The van der Waals surface area contributed by atoms with Gasteiger partial charge in [-0.3, -0.25) is 0 Å². The van der Waals surface area contributed by atoms with Crippen LogP contribution in [-0.4, -0.2) is 22.2 Å². The highest BCUT2D eigenvalue weighted by atomic mass is 32.1. The van der Waals surface area contributed by atoms with Crippen molar-refractivity contribution in [2.24, 2.45) is 5.92 Å². The minimum absolute atomic E-state index is 0.182. The number of nitrogens with zero attached hydrogens (tertiary/aromatic N) is 1. The molecular weight excluding hydrogens is 256 g/mol. The molecule has 19 heavy (non-hydrogen) atoms. The van der Waals surface area contributed by atoms with Crippen molar-refractivity contribution >= 4 is 27.2 Å². The summed E-state index contributed by atoms with van der Waals surface area (Å²) in [5.41, 5.74) is -0.185. The summed E-state index contributed by atoms with van der Waals surface area (Å²) in [5.74, 6) is 1.69. The van der Waals surface area contributed by atoms with Crippen LogP contribution in [0.4, 0.5) is 5.82 Å². The van der Waals surface area contributed by atoms with Crippen molar-refractivity contribution in [3.05, 3.63) is 23.7 Å². The molecule has 2 aromatic heterocycles. The molecule has 1 aliphatic carbocycles. The Morgan fingerprint density at radius 1 is 1.42 bits per heavy atom. The van der Waals surface area contributed by atoms with Crippen LogP contribution in [-0.2, 0) is 0 Å². The minimum Gasteiger partial charge on any atom is -0.394 e. The average molecular weight is 276 g/mol. The molecule has 0 atom stereocenters. The van der Waals surface area contributed by atoms with Crippen LogP contribution in [0, 0.1) is 5.92 Å². The predicted molar refractivity (Wildman–Crippen MR) is 80.7 cm³/mol. The van der Waals surface area contributed by atoms with Gasteiger partial charge in [-0.1, -0.05) is 6.92 Å². The number of aromatic nitrogens is 1. The Balaban J connectivity index is 1.88. The van der Waals surface area contributed by atoms with Crippen molar-refractivity contribution in [3.63, 3.8) is 0 Å². The number of nitrogens with one attached hydrogen (secondary N) is 1. The number of thiophene rings is 1. The van der Waals surface area contributed by atoms with Crippen molar-refractivity contribution in [2.45, 2.75) is 38.1 Å². The number of pyridine rings is 1. The van der Waals surface area contributed by atoms with E-state index < -0.39 is 0 Å². The van der Waals surface area contributed by atoms with Crippen molar-refractivity contribution in [1.29, 1.82) is 0 Å². The van der Waals surface area contributed by atoms with Crippen LogP contribution in [0.3, 0.4) is 0 Å². The third-order valence-corrected chi connectivity index (χ3v) is 5.18. The molecule has 3 rings (SSSR count). The van der Waals surface area contributed by atoms with Crippen molar-refractivity contribution in [3.8, 4) is 0 Å². The van der Waals surface area contributed by atoms with Crippen LogP contribution in [0.1, 0.15) is 32.6 Å². The van der Waals surface area contributed by atoms with E-state index >= 15 is 0 Å². The highest BCUT2D eigenvalue weighted by Crippen LogP contribution is 2.36. The van der Waals surface area contributed by atoms with Gasteiger partial charge in [0.1, 0.15) is 5.82 Å². The van der Waals surface area contributed by atoms with Gasteiger partial charge >= 0.3 is 0 Å². The van der Waals surface area contributed by atoms with Gasteiger partial charge < -0.3 is 10.4 Å². The molecule has 0 amide bonds. The Labute approximate surface area is 117 Å². The molecule has 0 aliphatic heterocycles. The molecular formula is C15H20N2OS. The average Bonchev–Trinajstić information content (AvgIpc) is 2.91. The summed E-state index contributed by atoms with van der Waals surface area (Å²) in [5, 5.41) is 16.6. The molecule has 0 unspecified atom stereocenters. The summed E-state index contributed by atoms with van der Waals surface area (Å²) in [7, 11) is 0. The van der Waals surface area contributed by atoms with E-state index in [0.29, 0.717) is 0 Å². The van der Waals surface area contributed by atoms with E-state index in [9.17, 15) is 5.11 Å². The summed E-state index contributed by atoms with van der Waals surface area (Å²) in [6, 6.07) is 4.14. The van der Waals surface area contributed by atoms with Gasteiger partial charge in [-0.15, -0.1) is 11.3 Å². The molecule has 0 bridgehead atoms. The van der Waals surface area contributed by atoms with Crippen LogP contribution in [0.2, 0.25) is 0 Å². The molecule has 1 fully saturated rings. The number of anilines is 1. The fourth-order valence-corrected chi connectivity index (χ4v) is 3.66. The molecule has 2 N–H and O–H groups in total. The summed E-state index contributed by atoms with van der Waals surface area (Å²) >= 11 is 1.73. The maximum atomic E-state index is 9.82. The Morgan fingerprint density at radius 2 is 2.21 bits per heavy atom. The van der Waals surface area contributed by atoms with Crippen LogP contribution in [0.25, 0.3) is 10.1 Å². The van der Waals surface area contributed by atoms with E-state index in [1.807, 2.05) is 12.3 Å². The molecule has 4 heteroatoms. The SMILES string of the molecule is CC1CCC(CO)(Nc2nccc3sccc23)CC1. The first-order chi connectivity index (χ1) is 9.22. The molecule has 0 aromatic carbocycles. The van der Waals surface area contributed by atoms with E-state index in [4.69, 9.17) is 0 Å². The number of aliphatic hydroxyl groups is 1. The number of aliphatic hydroxyl groups excluding tert-OH is 1. The lowest BCUT2D eigenvalue weighted by Crippen LogP contribution is -2.45. The first-order valence-electron chi connectivity index (χ1n) is 6.94. The normalized spacial score (nSPS) is 27.6. The lowest BCUT2D eigenvalue weighted by molar-refractivity contribution is 0.155. The van der Waals surface area contributed by atoms with Gasteiger partial charge in [0.2, 0.25) is 0 Å². The largest absolute Gasteiger partial charge is 0.394 e. The van der Waals surface area contributed by atoms with Gasteiger partial charge in [-0.25, -0.2) is 4.98 Å². The summed E-state index contributed by atoms with van der Waals surface area (Å²) in [4.78, 5) is 4.47. The Kier molecular flexibility index (Phi) is 3.46. The lowest BCUT2D eigenvalue weighted by atomic mass is 9.77. The molecule has 3 nitrogen and oxygen atoms in total. The molecule has 102 valence electrons. The molecule has 1 saturated carbocycles. The van der Waals surface area contributed by atoms with Gasteiger partial charge in [0.15, 0.2) is 0 Å². The van der Waals surface area contributed by atoms with E-state index in [2.05, 4.69) is 28.7 Å². The van der Waals surface area contributed by atoms with Crippen LogP contribution in [0.15, 0.2) is 23.7 Å². The maximum absolute atomic E-state index is 9.82. The second-order valence-corrected chi connectivity index (χ2v) is 6.69. The molecule has 2 aromatic rings. The standard InChI is InChI=1S/C15H20N2OS/c1-11-2-6-15(10-18,7-3-11)17-14-12-5-9-19-13(12)4-8-16-14/h4-5,8-9,11,18H,2-3,6-7,10H2,1H3,(H,16,17). The minimum atomic E-state index is -0.185. The number of hydrogen-bond donors (Lipinski definition) is 2. The monoisotopic (exact) mass is 276 g/mol. The predicted octanol–water partition coefficient (Wildman–Crippen LogP) is 3.65. The van der Waals surface area contributed by atoms with Gasteiger partial charge in [0.25, 0.3) is 0 Å². The molecule has 0 radical (unpaired) electrons. The van der Waals surface area contributed by atoms with Gasteiger partial charge in [-0.2, -0.15) is 0 Å². The number of rotatable bonds is 3. The number of hydrogen-bond acceptors (Lipinski definition) is 4. The fourth-order valence-electron chi connectivity index (χ4n) is 2.88. The molecule has 0 saturated heterocycles. The second-order valence-electron chi connectivity index (χ2n) is 5.74. The van der Waals surface area contributed by atoms with Gasteiger partial charge in [0.05, 0.1) is 12.1 Å². The number of fused-ring (bicyclic) bond motifs is 1. The zero-order valence-corrected chi connectivity index (χ0v) is 12.0. The quantitative estimate of drug-likeness (QED) is 0.899. The first kappa shape index (κ1) is 12.9. The topological polar surface area (TPSA) is 45.1 Å². The summed E-state index contributed by atoms with van der Waals surface area (Å²) in [6.45, 7) is 2.47. The second kappa shape index (κ2) is 5.10. The Morgan fingerprint density at radius 3 is 2.95 bits per heavy atom. The maximum Gasteiger partial charge on any atom is 0.135 e. The molecule has 1 aliphatic rings. The molecule has 0 spiro atoms. The van der Waals surface area contributed by atoms with Gasteiger partial charge in [-0.05, 0) is 49.1 Å². The van der Waals surface area contributed by atoms with Crippen molar-refractivity contribution in [1.82, 2.24) is 4.98 Å². The fraction of sp³-hybridized carbons (Fsp3) is 0.533. The van der Waals surface area contributed by atoms with E-state index in [-0.39, 0.29) is 12.1 Å². The highest BCUT2D eigenvalue weighted by molar-refractivity contribution is 7.17. The van der Waals surface area contributed by atoms with E-state index in [0.717, 1.165) is 24.6 Å². The summed E-state index contributed by atoms with van der Waals surface area (Å²) < 4.78 is 1.25. The van der Waals surface area contributed by atoms with Crippen LogP contribution in [0.5, 0.6) is 0 Å². The molecule has 2 heterocycles. The Bertz CT molecular complexity index is 558. The van der Waals surface area contributed by atoms with Crippen molar-refractivity contribution in [2.75, 3.05) is 11.9 Å². The third kappa shape index (κ3) is 2.47. The lowest BCUT2D eigenvalue weighted by Gasteiger charge is -2.39. The van der Waals surface area contributed by atoms with Crippen LogP contribution >= 0.6 is 11.3 Å². The zero-order valence-electron chi connectivity index (χ0n) is 11.2. The van der Waals surface area contributed by atoms with Crippen molar-refractivity contribution < 1.29 is 5.11 Å². The smallest absolute Gasteiger partial charge is 0.135 e.